The number of carbonyl (C=O) groups excluding carboxylic acids is 2. The Kier molecular flexibility index (Phi) is 4.07. The lowest BCUT2D eigenvalue weighted by Gasteiger charge is -2.37. The summed E-state index contributed by atoms with van der Waals surface area (Å²) in [4.78, 5) is 29.4. The van der Waals surface area contributed by atoms with Crippen molar-refractivity contribution in [1.29, 1.82) is 0 Å². The summed E-state index contributed by atoms with van der Waals surface area (Å²) in [6, 6.07) is 6.39. The highest BCUT2D eigenvalue weighted by Crippen LogP contribution is 2.34. The zero-order valence-electron chi connectivity index (χ0n) is 14.5. The Balaban J connectivity index is 1.50. The molecule has 2 amide bonds. The molecule has 0 radical (unpaired) electrons. The molecule has 4 nitrogen and oxygen atoms in total. The van der Waals surface area contributed by atoms with Gasteiger partial charge in [-0.05, 0) is 57.1 Å². The molecule has 1 atom stereocenters. The van der Waals surface area contributed by atoms with Crippen LogP contribution in [-0.2, 0) is 16.0 Å². The number of piperidine rings is 1. The Morgan fingerprint density at radius 2 is 1.83 bits per heavy atom. The highest BCUT2D eigenvalue weighted by atomic mass is 16.2. The van der Waals surface area contributed by atoms with Gasteiger partial charge in [0.05, 0.1) is 5.92 Å². The van der Waals surface area contributed by atoms with Gasteiger partial charge in [0.15, 0.2) is 0 Å². The Hall–Kier alpha value is -1.84. The van der Waals surface area contributed by atoms with Crippen molar-refractivity contribution in [1.82, 2.24) is 4.90 Å². The van der Waals surface area contributed by atoms with E-state index in [2.05, 4.69) is 25.1 Å². The second kappa shape index (κ2) is 6.23. The van der Waals surface area contributed by atoms with Gasteiger partial charge in [-0.3, -0.25) is 9.59 Å². The molecule has 3 aliphatic rings. The van der Waals surface area contributed by atoms with E-state index >= 15 is 0 Å². The molecule has 0 spiro atoms. The van der Waals surface area contributed by atoms with Crippen molar-refractivity contribution in [2.45, 2.75) is 45.4 Å². The molecule has 4 rings (SSSR count). The van der Waals surface area contributed by atoms with Crippen molar-refractivity contribution < 1.29 is 9.59 Å². The van der Waals surface area contributed by atoms with E-state index in [1.165, 1.54) is 11.1 Å². The molecule has 2 aliphatic heterocycles. The van der Waals surface area contributed by atoms with Crippen LogP contribution in [0.5, 0.6) is 0 Å². The van der Waals surface area contributed by atoms with Crippen LogP contribution in [0.25, 0.3) is 0 Å². The van der Waals surface area contributed by atoms with E-state index in [4.69, 9.17) is 0 Å². The largest absolute Gasteiger partial charge is 0.342 e. The third-order valence-corrected chi connectivity index (χ3v) is 5.63. The predicted molar refractivity (Wildman–Crippen MR) is 93.9 cm³/mol. The fourth-order valence-corrected chi connectivity index (χ4v) is 4.14. The maximum atomic E-state index is 13.1. The molecule has 2 heterocycles. The van der Waals surface area contributed by atoms with Gasteiger partial charge in [0.1, 0.15) is 0 Å². The first-order chi connectivity index (χ1) is 11.6. The molecule has 0 aromatic heterocycles. The molecule has 2 fully saturated rings. The zero-order chi connectivity index (χ0) is 16.7. The number of amides is 2. The number of anilines is 1. The van der Waals surface area contributed by atoms with Crippen LogP contribution in [0.2, 0.25) is 0 Å². The minimum atomic E-state index is -0.0336. The van der Waals surface area contributed by atoms with Gasteiger partial charge >= 0.3 is 0 Å². The Morgan fingerprint density at radius 3 is 2.62 bits per heavy atom. The molecule has 1 aliphatic carbocycles. The number of rotatable bonds is 2. The second-order valence-electron chi connectivity index (χ2n) is 7.62. The lowest BCUT2D eigenvalue weighted by atomic mass is 9.93. The maximum absolute atomic E-state index is 13.1. The number of fused-ring (bicyclic) bond motifs is 1. The second-order valence-corrected chi connectivity index (χ2v) is 7.62. The van der Waals surface area contributed by atoms with Crippen LogP contribution in [0, 0.1) is 18.8 Å². The summed E-state index contributed by atoms with van der Waals surface area (Å²) < 4.78 is 0. The number of benzene rings is 1. The summed E-state index contributed by atoms with van der Waals surface area (Å²) in [5.74, 6) is 0.710. The van der Waals surface area contributed by atoms with Gasteiger partial charge in [-0.25, -0.2) is 0 Å². The minimum absolute atomic E-state index is 0.0336. The van der Waals surface area contributed by atoms with E-state index in [-0.39, 0.29) is 23.7 Å². The summed E-state index contributed by atoms with van der Waals surface area (Å²) in [6.45, 7) is 4.35. The minimum Gasteiger partial charge on any atom is -0.342 e. The van der Waals surface area contributed by atoms with Crippen LogP contribution in [0.3, 0.4) is 0 Å². The molecule has 1 unspecified atom stereocenters. The fourth-order valence-electron chi connectivity index (χ4n) is 4.14. The van der Waals surface area contributed by atoms with E-state index in [0.717, 1.165) is 57.3 Å². The zero-order valence-corrected chi connectivity index (χ0v) is 14.5. The van der Waals surface area contributed by atoms with Crippen molar-refractivity contribution in [3.05, 3.63) is 29.3 Å². The van der Waals surface area contributed by atoms with Gasteiger partial charge < -0.3 is 9.80 Å². The Morgan fingerprint density at radius 1 is 1.00 bits per heavy atom. The first-order valence-electron chi connectivity index (χ1n) is 9.33. The standard InChI is InChI=1S/C20H26N2O2/c1-14-6-9-18-16(12-14)4-3-11-22(18)20(24)17-5-2-10-21(13-17)19(23)15-7-8-15/h6,9,12,15,17H,2-5,7-8,10-11,13H2,1H3. The third kappa shape index (κ3) is 2.94. The first kappa shape index (κ1) is 15.7. The molecule has 128 valence electrons. The van der Waals surface area contributed by atoms with Gasteiger partial charge in [0, 0.05) is 31.2 Å². The topological polar surface area (TPSA) is 40.6 Å². The summed E-state index contributed by atoms with van der Waals surface area (Å²) in [7, 11) is 0. The highest BCUT2D eigenvalue weighted by Gasteiger charge is 2.38. The lowest BCUT2D eigenvalue weighted by molar-refractivity contribution is -0.136. The maximum Gasteiger partial charge on any atom is 0.231 e. The molecule has 4 heteroatoms. The Bertz CT molecular complexity index is 666. The van der Waals surface area contributed by atoms with Crippen molar-refractivity contribution in [2.24, 2.45) is 11.8 Å². The van der Waals surface area contributed by atoms with Crippen molar-refractivity contribution in [2.75, 3.05) is 24.5 Å². The van der Waals surface area contributed by atoms with Crippen LogP contribution in [0.4, 0.5) is 5.69 Å². The average Bonchev–Trinajstić information content (AvgIpc) is 3.45. The van der Waals surface area contributed by atoms with E-state index in [1.807, 2.05) is 9.80 Å². The molecule has 0 N–H and O–H groups in total. The van der Waals surface area contributed by atoms with Gasteiger partial charge in [0.2, 0.25) is 11.8 Å². The van der Waals surface area contributed by atoms with Gasteiger partial charge in [-0.15, -0.1) is 0 Å². The number of likely N-dealkylation sites (tertiary alicyclic amines) is 1. The average molecular weight is 326 g/mol. The monoisotopic (exact) mass is 326 g/mol. The third-order valence-electron chi connectivity index (χ3n) is 5.63. The predicted octanol–water partition coefficient (Wildman–Crippen LogP) is 2.92. The van der Waals surface area contributed by atoms with Gasteiger partial charge in [0.25, 0.3) is 0 Å². The molecule has 1 saturated heterocycles. The summed E-state index contributed by atoms with van der Waals surface area (Å²) >= 11 is 0. The van der Waals surface area contributed by atoms with Gasteiger partial charge in [-0.2, -0.15) is 0 Å². The Labute approximate surface area is 143 Å². The quantitative estimate of drug-likeness (QED) is 0.838. The van der Waals surface area contributed by atoms with E-state index in [1.54, 1.807) is 0 Å². The van der Waals surface area contributed by atoms with E-state index in [0.29, 0.717) is 6.54 Å². The van der Waals surface area contributed by atoms with Crippen LogP contribution in [0.15, 0.2) is 18.2 Å². The number of carbonyl (C=O) groups is 2. The summed E-state index contributed by atoms with van der Waals surface area (Å²) in [6.07, 6.45) is 6.01. The fraction of sp³-hybridized carbons (Fsp3) is 0.600. The highest BCUT2D eigenvalue weighted by molar-refractivity contribution is 5.96. The van der Waals surface area contributed by atoms with Crippen molar-refractivity contribution in [3.8, 4) is 0 Å². The van der Waals surface area contributed by atoms with E-state index < -0.39 is 0 Å². The summed E-state index contributed by atoms with van der Waals surface area (Å²) in [5, 5.41) is 0. The lowest BCUT2D eigenvalue weighted by Crippen LogP contribution is -2.48. The number of nitrogens with zero attached hydrogens (tertiary/aromatic N) is 2. The van der Waals surface area contributed by atoms with Gasteiger partial charge in [-0.1, -0.05) is 17.7 Å². The van der Waals surface area contributed by atoms with Crippen LogP contribution >= 0.6 is 0 Å². The molecule has 1 aromatic rings. The molecule has 0 bridgehead atoms. The smallest absolute Gasteiger partial charge is 0.231 e. The molecule has 24 heavy (non-hydrogen) atoms. The van der Waals surface area contributed by atoms with Crippen molar-refractivity contribution in [3.63, 3.8) is 0 Å². The molecular formula is C20H26N2O2. The number of hydrogen-bond donors (Lipinski definition) is 0. The SMILES string of the molecule is Cc1ccc2c(c1)CCCN2C(=O)C1CCCN(C(=O)C2CC2)C1. The molecular weight excluding hydrogens is 300 g/mol. The normalized spacial score (nSPS) is 23.8. The van der Waals surface area contributed by atoms with Crippen LogP contribution in [0.1, 0.15) is 43.2 Å². The van der Waals surface area contributed by atoms with Crippen LogP contribution in [-0.4, -0.2) is 36.3 Å². The molecule has 1 saturated carbocycles. The van der Waals surface area contributed by atoms with Crippen LogP contribution < -0.4 is 4.90 Å². The molecule has 1 aromatic carbocycles. The number of hydrogen-bond acceptors (Lipinski definition) is 2. The first-order valence-corrected chi connectivity index (χ1v) is 9.33. The van der Waals surface area contributed by atoms with Crippen molar-refractivity contribution >= 4 is 17.5 Å². The number of aryl methyl sites for hydroxylation is 2. The summed E-state index contributed by atoms with van der Waals surface area (Å²) in [5.41, 5.74) is 3.63. The van der Waals surface area contributed by atoms with E-state index in [9.17, 15) is 9.59 Å².